The number of carbonyl (C=O) groups is 4. The Morgan fingerprint density at radius 2 is 1.68 bits per heavy atom. The second kappa shape index (κ2) is 5.17. The predicted octanol–water partition coefficient (Wildman–Crippen LogP) is -0.154. The van der Waals surface area contributed by atoms with Gasteiger partial charge in [0.1, 0.15) is 6.42 Å². The number of Topliss-reactive ketones (excluding diaryl/α,β-unsaturated/α-hetero) is 1. The molecule has 0 radical (unpaired) electrons. The zero-order chi connectivity index (χ0) is 14.0. The van der Waals surface area contributed by atoms with E-state index in [0.29, 0.717) is 0 Å². The number of ether oxygens (including phenoxy) is 1. The fourth-order valence-electron chi connectivity index (χ4n) is 2.17. The molecule has 2 aliphatic rings. The van der Waals surface area contributed by atoms with E-state index in [1.807, 2.05) is 0 Å². The van der Waals surface area contributed by atoms with Crippen molar-refractivity contribution in [2.45, 2.75) is 6.42 Å². The molecule has 2 unspecified atom stereocenters. The number of fused-ring (bicyclic) bond motifs is 1. The van der Waals surface area contributed by atoms with E-state index in [2.05, 4.69) is 4.74 Å². The van der Waals surface area contributed by atoms with Gasteiger partial charge in [0, 0.05) is 0 Å². The molecule has 0 spiro atoms. The van der Waals surface area contributed by atoms with Crippen LogP contribution in [0.5, 0.6) is 0 Å². The maximum atomic E-state index is 12.0. The summed E-state index contributed by atoms with van der Waals surface area (Å²) >= 11 is 0. The van der Waals surface area contributed by atoms with Gasteiger partial charge in [-0.3, -0.25) is 24.1 Å². The summed E-state index contributed by atoms with van der Waals surface area (Å²) < 4.78 is 4.36. The van der Waals surface area contributed by atoms with Crippen LogP contribution in [0.15, 0.2) is 24.3 Å². The predicted molar refractivity (Wildman–Crippen MR) is 63.6 cm³/mol. The smallest absolute Gasteiger partial charge is 0.313 e. The van der Waals surface area contributed by atoms with Crippen LogP contribution in [0.25, 0.3) is 0 Å². The van der Waals surface area contributed by atoms with E-state index in [1.165, 1.54) is 7.11 Å². The molecule has 6 nitrogen and oxygen atoms in total. The normalized spacial score (nSPS) is 24.6. The third-order valence-corrected chi connectivity index (χ3v) is 3.14. The molecule has 2 amide bonds. The number of rotatable bonds is 4. The number of likely N-dealkylation sites (tertiary alicyclic amines) is 1. The van der Waals surface area contributed by atoms with Crippen LogP contribution >= 0.6 is 0 Å². The van der Waals surface area contributed by atoms with Crippen molar-refractivity contribution in [3.8, 4) is 0 Å². The van der Waals surface area contributed by atoms with Crippen molar-refractivity contribution < 1.29 is 23.9 Å². The lowest BCUT2D eigenvalue weighted by Crippen LogP contribution is -2.36. The van der Waals surface area contributed by atoms with Gasteiger partial charge in [0.2, 0.25) is 11.8 Å². The summed E-state index contributed by atoms with van der Waals surface area (Å²) in [5.41, 5.74) is 0. The number of hydrogen-bond acceptors (Lipinski definition) is 5. The highest BCUT2D eigenvalue weighted by molar-refractivity contribution is 6.10. The summed E-state index contributed by atoms with van der Waals surface area (Å²) in [6.07, 6.45) is 6.26. The quantitative estimate of drug-likeness (QED) is 0.400. The third kappa shape index (κ3) is 2.47. The topological polar surface area (TPSA) is 80.8 Å². The van der Waals surface area contributed by atoms with Gasteiger partial charge >= 0.3 is 5.97 Å². The van der Waals surface area contributed by atoms with E-state index in [0.717, 1.165) is 4.90 Å². The maximum Gasteiger partial charge on any atom is 0.313 e. The fourth-order valence-corrected chi connectivity index (χ4v) is 2.17. The molecule has 1 heterocycles. The molecule has 0 saturated carbocycles. The van der Waals surface area contributed by atoms with E-state index < -0.39 is 41.8 Å². The molecular formula is C13H13NO5. The lowest BCUT2D eigenvalue weighted by molar-refractivity contribution is -0.147. The highest BCUT2D eigenvalue weighted by atomic mass is 16.5. The Hall–Kier alpha value is -2.24. The zero-order valence-electron chi connectivity index (χ0n) is 10.4. The van der Waals surface area contributed by atoms with Crippen LogP contribution in [-0.4, -0.2) is 42.1 Å². The monoisotopic (exact) mass is 263 g/mol. The summed E-state index contributed by atoms with van der Waals surface area (Å²) in [6.45, 7) is -0.374. The van der Waals surface area contributed by atoms with E-state index in [9.17, 15) is 19.2 Å². The van der Waals surface area contributed by atoms with Crippen molar-refractivity contribution in [3.63, 3.8) is 0 Å². The molecule has 0 N–H and O–H groups in total. The number of allylic oxidation sites excluding steroid dienone is 2. The van der Waals surface area contributed by atoms with Gasteiger partial charge < -0.3 is 4.74 Å². The molecule has 1 aliphatic carbocycles. The number of amides is 2. The van der Waals surface area contributed by atoms with Crippen molar-refractivity contribution in [1.29, 1.82) is 0 Å². The van der Waals surface area contributed by atoms with Gasteiger partial charge in [-0.1, -0.05) is 24.3 Å². The van der Waals surface area contributed by atoms with Crippen LogP contribution in [0.4, 0.5) is 0 Å². The average Bonchev–Trinajstić information content (AvgIpc) is 2.64. The number of imide groups is 1. The van der Waals surface area contributed by atoms with Crippen LogP contribution in [0.2, 0.25) is 0 Å². The standard InChI is InChI=1S/C13H13NO5/c1-19-11(16)6-8(15)7-14-12(17)9-4-2-3-5-10(9)13(14)18/h2-5,9-10H,6-7H2,1H3. The molecule has 0 aromatic heterocycles. The highest BCUT2D eigenvalue weighted by Crippen LogP contribution is 2.30. The van der Waals surface area contributed by atoms with Gasteiger partial charge in [-0.05, 0) is 0 Å². The molecule has 0 aromatic rings. The zero-order valence-corrected chi connectivity index (χ0v) is 10.4. The SMILES string of the molecule is COC(=O)CC(=O)CN1C(=O)C2C=CC=CC2C1=O. The molecule has 1 aliphatic heterocycles. The fraction of sp³-hybridized carbons (Fsp3) is 0.385. The number of esters is 1. The van der Waals surface area contributed by atoms with Crippen LogP contribution in [-0.2, 0) is 23.9 Å². The van der Waals surface area contributed by atoms with Crippen molar-refractivity contribution in [1.82, 2.24) is 4.90 Å². The second-order valence-corrected chi connectivity index (χ2v) is 4.38. The molecule has 100 valence electrons. The highest BCUT2D eigenvalue weighted by Gasteiger charge is 2.46. The molecule has 0 aromatic carbocycles. The number of nitrogens with zero attached hydrogens (tertiary/aromatic N) is 1. The van der Waals surface area contributed by atoms with Crippen LogP contribution in [0.3, 0.4) is 0 Å². The second-order valence-electron chi connectivity index (χ2n) is 4.38. The Kier molecular flexibility index (Phi) is 3.59. The van der Waals surface area contributed by atoms with Crippen LogP contribution < -0.4 is 0 Å². The van der Waals surface area contributed by atoms with Gasteiger partial charge in [0.05, 0.1) is 25.5 Å². The molecule has 0 bridgehead atoms. The summed E-state index contributed by atoms with van der Waals surface area (Å²) in [4.78, 5) is 47.4. The molecule has 2 atom stereocenters. The average molecular weight is 263 g/mol. The Bertz CT molecular complexity index is 475. The van der Waals surface area contributed by atoms with E-state index in [1.54, 1.807) is 24.3 Å². The lowest BCUT2D eigenvalue weighted by Gasteiger charge is -2.12. The minimum Gasteiger partial charge on any atom is -0.469 e. The summed E-state index contributed by atoms with van der Waals surface area (Å²) in [5, 5.41) is 0. The third-order valence-electron chi connectivity index (χ3n) is 3.14. The van der Waals surface area contributed by atoms with E-state index in [-0.39, 0.29) is 6.54 Å². The Morgan fingerprint density at radius 1 is 1.16 bits per heavy atom. The van der Waals surface area contributed by atoms with Gasteiger partial charge in [-0.15, -0.1) is 0 Å². The first-order valence-corrected chi connectivity index (χ1v) is 5.83. The Morgan fingerprint density at radius 3 is 2.16 bits per heavy atom. The first-order valence-electron chi connectivity index (χ1n) is 5.83. The number of hydrogen-bond donors (Lipinski definition) is 0. The molecular weight excluding hydrogens is 250 g/mol. The minimum atomic E-state index is -0.679. The van der Waals surface area contributed by atoms with E-state index in [4.69, 9.17) is 0 Å². The summed E-state index contributed by atoms with van der Waals surface area (Å²) in [5.74, 6) is -3.03. The van der Waals surface area contributed by atoms with Crippen molar-refractivity contribution in [2.75, 3.05) is 13.7 Å². The van der Waals surface area contributed by atoms with Gasteiger partial charge in [-0.25, -0.2) is 0 Å². The van der Waals surface area contributed by atoms with Crippen molar-refractivity contribution >= 4 is 23.6 Å². The minimum absolute atomic E-state index is 0.374. The molecule has 1 fully saturated rings. The largest absolute Gasteiger partial charge is 0.469 e. The molecule has 1 saturated heterocycles. The maximum absolute atomic E-state index is 12.0. The number of methoxy groups -OCH3 is 1. The van der Waals surface area contributed by atoms with Crippen LogP contribution in [0.1, 0.15) is 6.42 Å². The summed E-state index contributed by atoms with van der Waals surface area (Å²) in [6, 6.07) is 0. The first kappa shape index (κ1) is 13.2. The first-order chi connectivity index (χ1) is 9.04. The van der Waals surface area contributed by atoms with Crippen molar-refractivity contribution in [2.24, 2.45) is 11.8 Å². The van der Waals surface area contributed by atoms with Gasteiger partial charge in [0.15, 0.2) is 5.78 Å². The van der Waals surface area contributed by atoms with E-state index >= 15 is 0 Å². The Balaban J connectivity index is 2.05. The molecule has 6 heteroatoms. The molecule has 2 rings (SSSR count). The van der Waals surface area contributed by atoms with Gasteiger partial charge in [0.25, 0.3) is 0 Å². The summed E-state index contributed by atoms with van der Waals surface area (Å²) in [7, 11) is 1.17. The van der Waals surface area contributed by atoms with Crippen molar-refractivity contribution in [3.05, 3.63) is 24.3 Å². The molecule has 19 heavy (non-hydrogen) atoms. The lowest BCUT2D eigenvalue weighted by atomic mass is 9.91. The Labute approximate surface area is 109 Å². The van der Waals surface area contributed by atoms with Gasteiger partial charge in [-0.2, -0.15) is 0 Å². The number of carbonyl (C=O) groups excluding carboxylic acids is 4. The van der Waals surface area contributed by atoms with Crippen LogP contribution in [0, 0.1) is 11.8 Å². The number of ketones is 1.